The molecule has 0 fully saturated rings. The Morgan fingerprint density at radius 2 is 1.46 bits per heavy atom. The number of amides is 1. The van der Waals surface area contributed by atoms with E-state index >= 15 is 0 Å². The van der Waals surface area contributed by atoms with Crippen LogP contribution < -0.4 is 10.1 Å². The van der Waals surface area contributed by atoms with Crippen LogP contribution in [0, 0.1) is 18.9 Å². The summed E-state index contributed by atoms with van der Waals surface area (Å²) in [5, 5.41) is 3.24. The molecule has 4 aromatic carbocycles. The lowest BCUT2D eigenvalue weighted by Gasteiger charge is -2.39. The lowest BCUT2D eigenvalue weighted by molar-refractivity contribution is 0.0473. The predicted molar refractivity (Wildman–Crippen MR) is 203 cm³/mol. The van der Waals surface area contributed by atoms with Crippen molar-refractivity contribution in [1.29, 1.82) is 0 Å². The lowest BCUT2D eigenvalue weighted by atomic mass is 9.87. The van der Waals surface area contributed by atoms with E-state index in [1.54, 1.807) is 30.3 Å². The highest BCUT2D eigenvalue weighted by molar-refractivity contribution is 6.74. The smallest absolute Gasteiger partial charge is 0.339 e. The molecule has 0 heterocycles. The molecule has 0 spiro atoms. The van der Waals surface area contributed by atoms with Crippen molar-refractivity contribution in [2.24, 2.45) is 5.41 Å². The summed E-state index contributed by atoms with van der Waals surface area (Å²) in [5.74, 6) is -0.256. The first-order valence-electron chi connectivity index (χ1n) is 17.0. The van der Waals surface area contributed by atoms with E-state index in [2.05, 4.69) is 64.8 Å². The maximum absolute atomic E-state index is 13.9. The Balaban J connectivity index is 1.68. The van der Waals surface area contributed by atoms with Gasteiger partial charge in [-0.2, -0.15) is 0 Å². The number of carbonyl (C=O) groups excluding carboxylic acids is 2. The minimum atomic E-state index is -2.06. The Bertz CT molecular complexity index is 1830. The molecule has 1 N–H and O–H groups in total. The molecule has 0 radical (unpaired) electrons. The van der Waals surface area contributed by atoms with Crippen LogP contribution in [0.5, 0.6) is 5.75 Å². The molecule has 262 valence electrons. The summed E-state index contributed by atoms with van der Waals surface area (Å²) in [6, 6.07) is 27.4. The van der Waals surface area contributed by atoms with Crippen LogP contribution in [-0.4, -0.2) is 32.8 Å². The topological polar surface area (TPSA) is 78.2 Å². The van der Waals surface area contributed by atoms with Gasteiger partial charge in [-0.05, 0) is 70.9 Å². The first kappa shape index (κ1) is 38.1. The quantitative estimate of drug-likeness (QED) is 0.0910. The van der Waals surface area contributed by atoms with E-state index in [9.17, 15) is 9.59 Å². The molecular weight excluding hydrogens is 641 g/mol. The molecule has 50 heavy (non-hydrogen) atoms. The van der Waals surface area contributed by atoms with E-state index in [-0.39, 0.29) is 41.2 Å². The van der Waals surface area contributed by atoms with Crippen molar-refractivity contribution in [3.05, 3.63) is 130 Å². The molecule has 0 aliphatic carbocycles. The van der Waals surface area contributed by atoms with Crippen molar-refractivity contribution < 1.29 is 23.5 Å². The number of ether oxygens (including phenoxy) is 2. The van der Waals surface area contributed by atoms with Gasteiger partial charge >= 0.3 is 5.97 Å². The number of benzene rings is 4. The monoisotopic (exact) mass is 690 g/mol. The van der Waals surface area contributed by atoms with Crippen molar-refractivity contribution in [3.63, 3.8) is 0 Å². The van der Waals surface area contributed by atoms with E-state index < -0.39 is 14.3 Å². The third kappa shape index (κ3) is 9.93. The second-order valence-electron chi connectivity index (χ2n) is 15.4. The van der Waals surface area contributed by atoms with E-state index in [1.165, 1.54) is 0 Å². The number of rotatable bonds is 12. The molecule has 0 aliphatic rings. The van der Waals surface area contributed by atoms with Crippen LogP contribution in [0.4, 0.5) is 5.69 Å². The number of carbonyl (C=O) groups is 2. The zero-order valence-electron chi connectivity index (χ0n) is 30.8. The zero-order valence-corrected chi connectivity index (χ0v) is 31.8. The molecule has 4 rings (SSSR count). The van der Waals surface area contributed by atoms with Crippen molar-refractivity contribution in [3.8, 4) is 16.9 Å². The SMILES string of the molecule is [C-]#[N+]c1ccc(COc2cc(C)ccc2-c2ccc(C(=O)N[C@H](CO[Si](C)(C)C(C)(C)C)C(C)(C)C)cc2C(=O)OCc2ccccc2)cc1. The van der Waals surface area contributed by atoms with Crippen LogP contribution >= 0.6 is 0 Å². The van der Waals surface area contributed by atoms with Crippen LogP contribution in [0.15, 0.2) is 91.0 Å². The summed E-state index contributed by atoms with van der Waals surface area (Å²) < 4.78 is 18.7. The van der Waals surface area contributed by atoms with Crippen molar-refractivity contribution >= 4 is 25.9 Å². The van der Waals surface area contributed by atoms with Gasteiger partial charge in [-0.1, -0.05) is 114 Å². The van der Waals surface area contributed by atoms with Crippen molar-refractivity contribution in [2.75, 3.05) is 6.61 Å². The number of nitrogens with one attached hydrogen (secondary N) is 1. The summed E-state index contributed by atoms with van der Waals surface area (Å²) in [7, 11) is -2.06. The van der Waals surface area contributed by atoms with E-state index in [0.717, 1.165) is 16.7 Å². The Morgan fingerprint density at radius 3 is 2.08 bits per heavy atom. The third-order valence-corrected chi connectivity index (χ3v) is 13.9. The zero-order chi connectivity index (χ0) is 36.7. The highest BCUT2D eigenvalue weighted by Crippen LogP contribution is 2.38. The van der Waals surface area contributed by atoms with Crippen molar-refractivity contribution in [1.82, 2.24) is 5.32 Å². The molecule has 0 bridgehead atoms. The molecular formula is C42H50N2O5Si. The minimum Gasteiger partial charge on any atom is -0.488 e. The molecule has 0 saturated carbocycles. The lowest BCUT2D eigenvalue weighted by Crippen LogP contribution is -2.51. The van der Waals surface area contributed by atoms with Gasteiger partial charge in [-0.3, -0.25) is 4.79 Å². The van der Waals surface area contributed by atoms with Gasteiger partial charge in [0.2, 0.25) is 0 Å². The van der Waals surface area contributed by atoms with Crippen LogP contribution in [0.2, 0.25) is 18.1 Å². The van der Waals surface area contributed by atoms with Gasteiger partial charge in [0.15, 0.2) is 14.0 Å². The Hall–Kier alpha value is -4.71. The Morgan fingerprint density at radius 1 is 0.820 bits per heavy atom. The average Bonchev–Trinajstić information content (AvgIpc) is 3.07. The second kappa shape index (κ2) is 15.9. The summed E-state index contributed by atoms with van der Waals surface area (Å²) >= 11 is 0. The summed E-state index contributed by atoms with van der Waals surface area (Å²) in [4.78, 5) is 31.2. The summed E-state index contributed by atoms with van der Waals surface area (Å²) in [6.45, 7) is 27.2. The Labute approximate surface area is 298 Å². The molecule has 0 saturated heterocycles. The fraction of sp³-hybridized carbons (Fsp3) is 0.357. The highest BCUT2D eigenvalue weighted by Gasteiger charge is 2.39. The van der Waals surface area contributed by atoms with Gasteiger partial charge in [0, 0.05) is 11.1 Å². The third-order valence-electron chi connectivity index (χ3n) is 9.37. The molecule has 4 aromatic rings. The molecule has 0 unspecified atom stereocenters. The van der Waals surface area contributed by atoms with E-state index in [0.29, 0.717) is 34.7 Å². The first-order valence-corrected chi connectivity index (χ1v) is 19.9. The minimum absolute atomic E-state index is 0.0336. The number of hydrogen-bond acceptors (Lipinski definition) is 5. The van der Waals surface area contributed by atoms with Gasteiger partial charge in [0.25, 0.3) is 5.91 Å². The largest absolute Gasteiger partial charge is 0.488 e. The maximum atomic E-state index is 13.9. The fourth-order valence-electron chi connectivity index (χ4n) is 4.95. The molecule has 1 atom stereocenters. The molecule has 0 aromatic heterocycles. The van der Waals surface area contributed by atoms with Crippen LogP contribution in [0.1, 0.15) is 78.9 Å². The molecule has 1 amide bonds. The van der Waals surface area contributed by atoms with Gasteiger partial charge < -0.3 is 19.2 Å². The molecule has 7 nitrogen and oxygen atoms in total. The number of esters is 1. The summed E-state index contributed by atoms with van der Waals surface area (Å²) in [5.41, 5.74) is 4.92. The number of hydrogen-bond donors (Lipinski definition) is 1. The number of nitrogens with zero attached hydrogens (tertiary/aromatic N) is 1. The normalized spacial score (nSPS) is 12.5. The van der Waals surface area contributed by atoms with Crippen LogP contribution in [0.3, 0.4) is 0 Å². The van der Waals surface area contributed by atoms with Gasteiger partial charge in [-0.25, -0.2) is 9.64 Å². The standard InChI is InChI=1S/C42H50N2O5Si/c1-29-16-22-35(37(24-29)47-26-31-17-20-33(43-8)21-18-31)34-23-19-32(25-36(34)40(46)48-27-30-14-12-11-13-15-30)39(45)44-38(41(2,3)4)28-49-50(9,10)42(5,6)7/h11-25,38H,26-28H2,1-7,9-10H3,(H,44,45)/t38-/m1/s1. The van der Waals surface area contributed by atoms with Crippen molar-refractivity contribution in [2.45, 2.75) is 85.9 Å². The Kier molecular flexibility index (Phi) is 12.1. The van der Waals surface area contributed by atoms with Crippen LogP contribution in [-0.2, 0) is 22.4 Å². The number of aryl methyl sites for hydroxylation is 1. The predicted octanol–water partition coefficient (Wildman–Crippen LogP) is 10.3. The molecule has 0 aliphatic heterocycles. The average molecular weight is 691 g/mol. The van der Waals surface area contributed by atoms with Gasteiger partial charge in [0.05, 0.1) is 24.8 Å². The van der Waals surface area contributed by atoms with Gasteiger partial charge in [0.1, 0.15) is 19.0 Å². The van der Waals surface area contributed by atoms with E-state index in [1.807, 2.05) is 67.6 Å². The first-order chi connectivity index (χ1) is 23.5. The fourth-order valence-corrected chi connectivity index (χ4v) is 5.96. The van der Waals surface area contributed by atoms with E-state index in [4.69, 9.17) is 20.5 Å². The van der Waals surface area contributed by atoms with Crippen LogP contribution in [0.25, 0.3) is 16.0 Å². The van der Waals surface area contributed by atoms with Gasteiger partial charge in [-0.15, -0.1) is 0 Å². The highest BCUT2D eigenvalue weighted by atomic mass is 28.4. The molecule has 8 heteroatoms. The maximum Gasteiger partial charge on any atom is 0.339 e. The summed E-state index contributed by atoms with van der Waals surface area (Å²) in [6.07, 6.45) is 0. The second-order valence-corrected chi connectivity index (χ2v) is 20.2.